The van der Waals surface area contributed by atoms with Gasteiger partial charge in [-0.1, -0.05) is 6.42 Å². The summed E-state index contributed by atoms with van der Waals surface area (Å²) in [6.45, 7) is -0.0339. The SMILES string of the molecule is OCc1cnc(C2CC3CCC2C3)o1. The van der Waals surface area contributed by atoms with Gasteiger partial charge in [-0.2, -0.15) is 0 Å². The molecule has 1 N–H and O–H groups in total. The molecule has 3 nitrogen and oxygen atoms in total. The minimum atomic E-state index is -0.0339. The van der Waals surface area contributed by atoms with E-state index in [0.29, 0.717) is 11.7 Å². The van der Waals surface area contributed by atoms with Gasteiger partial charge in [0.2, 0.25) is 0 Å². The molecule has 0 spiro atoms. The summed E-state index contributed by atoms with van der Waals surface area (Å²) in [5.74, 6) is 3.71. The molecule has 0 amide bonds. The molecule has 1 aromatic heterocycles. The Labute approximate surface area is 83.1 Å². The first-order valence-corrected chi connectivity index (χ1v) is 5.42. The normalized spacial score (nSPS) is 35.4. The van der Waals surface area contributed by atoms with Crippen molar-refractivity contribution in [3.63, 3.8) is 0 Å². The van der Waals surface area contributed by atoms with Crippen molar-refractivity contribution in [1.29, 1.82) is 0 Å². The van der Waals surface area contributed by atoms with Crippen LogP contribution >= 0.6 is 0 Å². The monoisotopic (exact) mass is 193 g/mol. The van der Waals surface area contributed by atoms with Gasteiger partial charge in [0.15, 0.2) is 5.89 Å². The number of hydrogen-bond acceptors (Lipinski definition) is 3. The summed E-state index contributed by atoms with van der Waals surface area (Å²) < 4.78 is 5.51. The molecule has 2 bridgehead atoms. The summed E-state index contributed by atoms with van der Waals surface area (Å²) in [4.78, 5) is 4.26. The molecule has 2 saturated carbocycles. The van der Waals surface area contributed by atoms with E-state index in [2.05, 4.69) is 4.98 Å². The molecule has 0 radical (unpaired) electrons. The van der Waals surface area contributed by atoms with Gasteiger partial charge in [-0.15, -0.1) is 0 Å². The van der Waals surface area contributed by atoms with E-state index < -0.39 is 0 Å². The first-order chi connectivity index (χ1) is 6.86. The third-order valence-corrected chi connectivity index (χ3v) is 3.78. The highest BCUT2D eigenvalue weighted by atomic mass is 16.4. The van der Waals surface area contributed by atoms with Crippen molar-refractivity contribution in [2.24, 2.45) is 11.8 Å². The lowest BCUT2D eigenvalue weighted by Gasteiger charge is -2.17. The number of aliphatic hydroxyl groups excluding tert-OH is 1. The Hall–Kier alpha value is -0.830. The van der Waals surface area contributed by atoms with Gasteiger partial charge in [0.25, 0.3) is 0 Å². The summed E-state index contributed by atoms with van der Waals surface area (Å²) >= 11 is 0. The predicted octanol–water partition coefficient (Wildman–Crippen LogP) is 2.07. The molecule has 3 heteroatoms. The lowest BCUT2D eigenvalue weighted by Crippen LogP contribution is -2.08. The molecule has 14 heavy (non-hydrogen) atoms. The van der Waals surface area contributed by atoms with E-state index in [1.54, 1.807) is 6.20 Å². The van der Waals surface area contributed by atoms with Crippen molar-refractivity contribution in [1.82, 2.24) is 4.98 Å². The van der Waals surface area contributed by atoms with Crippen molar-refractivity contribution < 1.29 is 9.52 Å². The average molecular weight is 193 g/mol. The van der Waals surface area contributed by atoms with E-state index >= 15 is 0 Å². The molecule has 76 valence electrons. The maximum Gasteiger partial charge on any atom is 0.197 e. The van der Waals surface area contributed by atoms with Gasteiger partial charge >= 0.3 is 0 Å². The highest BCUT2D eigenvalue weighted by Crippen LogP contribution is 2.52. The van der Waals surface area contributed by atoms with E-state index in [-0.39, 0.29) is 6.61 Å². The Morgan fingerprint density at radius 2 is 2.36 bits per heavy atom. The summed E-state index contributed by atoms with van der Waals surface area (Å²) in [6.07, 6.45) is 7.00. The molecule has 0 aliphatic heterocycles. The fourth-order valence-electron chi connectivity index (χ4n) is 3.11. The third-order valence-electron chi connectivity index (χ3n) is 3.78. The maximum atomic E-state index is 8.89. The van der Waals surface area contributed by atoms with Crippen LogP contribution in [0.4, 0.5) is 0 Å². The summed E-state index contributed by atoms with van der Waals surface area (Å²) in [5, 5.41) is 8.89. The minimum Gasteiger partial charge on any atom is -0.443 e. The Morgan fingerprint density at radius 1 is 1.43 bits per heavy atom. The fourth-order valence-corrected chi connectivity index (χ4v) is 3.11. The largest absolute Gasteiger partial charge is 0.443 e. The number of rotatable bonds is 2. The molecular formula is C11H15NO2. The first kappa shape index (κ1) is 8.48. The van der Waals surface area contributed by atoms with Crippen LogP contribution in [0.15, 0.2) is 10.6 Å². The zero-order valence-electron chi connectivity index (χ0n) is 8.15. The van der Waals surface area contributed by atoms with Gasteiger partial charge < -0.3 is 9.52 Å². The van der Waals surface area contributed by atoms with Crippen molar-refractivity contribution in [2.45, 2.75) is 38.2 Å². The predicted molar refractivity (Wildman–Crippen MR) is 50.6 cm³/mol. The van der Waals surface area contributed by atoms with E-state index in [0.717, 1.165) is 17.7 Å². The number of nitrogens with zero attached hydrogens (tertiary/aromatic N) is 1. The van der Waals surface area contributed by atoms with Gasteiger partial charge in [0.1, 0.15) is 12.4 Å². The Kier molecular flexibility index (Phi) is 1.87. The lowest BCUT2D eigenvalue weighted by atomic mass is 9.89. The van der Waals surface area contributed by atoms with Crippen molar-refractivity contribution in [3.05, 3.63) is 17.8 Å². The molecule has 3 atom stereocenters. The molecule has 3 rings (SSSR count). The Morgan fingerprint density at radius 3 is 2.93 bits per heavy atom. The van der Waals surface area contributed by atoms with Gasteiger partial charge in [-0.25, -0.2) is 4.98 Å². The van der Waals surface area contributed by atoms with Crippen LogP contribution in [0.25, 0.3) is 0 Å². The Balaban J connectivity index is 1.82. The number of aliphatic hydroxyl groups is 1. The van der Waals surface area contributed by atoms with Crippen molar-refractivity contribution in [3.8, 4) is 0 Å². The average Bonchev–Trinajstić information content (AvgIpc) is 2.93. The van der Waals surface area contributed by atoms with E-state index in [1.807, 2.05) is 0 Å². The first-order valence-electron chi connectivity index (χ1n) is 5.42. The molecule has 3 unspecified atom stereocenters. The fraction of sp³-hybridized carbons (Fsp3) is 0.727. The zero-order valence-corrected chi connectivity index (χ0v) is 8.15. The lowest BCUT2D eigenvalue weighted by molar-refractivity contribution is 0.235. The van der Waals surface area contributed by atoms with Crippen LogP contribution in [0, 0.1) is 11.8 Å². The van der Waals surface area contributed by atoms with Crippen LogP contribution in [0.1, 0.15) is 43.3 Å². The molecule has 0 saturated heterocycles. The van der Waals surface area contributed by atoms with Crippen molar-refractivity contribution >= 4 is 0 Å². The second-order valence-electron chi connectivity index (χ2n) is 4.60. The second kappa shape index (κ2) is 3.09. The molecule has 0 aromatic carbocycles. The minimum absolute atomic E-state index is 0.0339. The second-order valence-corrected chi connectivity index (χ2v) is 4.60. The van der Waals surface area contributed by atoms with Gasteiger partial charge in [-0.05, 0) is 31.1 Å². The zero-order chi connectivity index (χ0) is 9.54. The molecular weight excluding hydrogens is 178 g/mol. The van der Waals surface area contributed by atoms with Crippen LogP contribution in [0.5, 0.6) is 0 Å². The molecule has 2 fully saturated rings. The summed E-state index contributed by atoms with van der Waals surface area (Å²) in [6, 6.07) is 0. The molecule has 2 aliphatic rings. The maximum absolute atomic E-state index is 8.89. The van der Waals surface area contributed by atoms with E-state index in [1.165, 1.54) is 25.7 Å². The van der Waals surface area contributed by atoms with Gasteiger partial charge in [0.05, 0.1) is 6.20 Å². The number of hydrogen-bond donors (Lipinski definition) is 1. The van der Waals surface area contributed by atoms with Gasteiger partial charge in [-0.3, -0.25) is 0 Å². The molecule has 2 aliphatic carbocycles. The van der Waals surface area contributed by atoms with E-state index in [4.69, 9.17) is 9.52 Å². The highest BCUT2D eigenvalue weighted by molar-refractivity contribution is 5.06. The quantitative estimate of drug-likeness (QED) is 0.782. The number of aromatic nitrogens is 1. The number of fused-ring (bicyclic) bond motifs is 2. The standard InChI is InChI=1S/C11H15NO2/c13-6-9-5-12-11(14-9)10-4-7-1-2-8(10)3-7/h5,7-8,10,13H,1-4,6H2. The number of oxazole rings is 1. The molecule has 1 heterocycles. The topological polar surface area (TPSA) is 46.3 Å². The Bertz CT molecular complexity index is 334. The third kappa shape index (κ3) is 1.19. The van der Waals surface area contributed by atoms with Crippen LogP contribution in [-0.2, 0) is 6.61 Å². The van der Waals surface area contributed by atoms with Gasteiger partial charge in [0, 0.05) is 5.92 Å². The smallest absolute Gasteiger partial charge is 0.197 e. The van der Waals surface area contributed by atoms with Crippen LogP contribution in [-0.4, -0.2) is 10.1 Å². The van der Waals surface area contributed by atoms with Crippen LogP contribution in [0.2, 0.25) is 0 Å². The van der Waals surface area contributed by atoms with E-state index in [9.17, 15) is 0 Å². The summed E-state index contributed by atoms with van der Waals surface area (Å²) in [7, 11) is 0. The summed E-state index contributed by atoms with van der Waals surface area (Å²) in [5.41, 5.74) is 0. The van der Waals surface area contributed by atoms with Crippen molar-refractivity contribution in [2.75, 3.05) is 0 Å². The van der Waals surface area contributed by atoms with Crippen LogP contribution < -0.4 is 0 Å². The van der Waals surface area contributed by atoms with Crippen LogP contribution in [0.3, 0.4) is 0 Å². The molecule has 1 aromatic rings. The highest BCUT2D eigenvalue weighted by Gasteiger charge is 2.42.